The summed E-state index contributed by atoms with van der Waals surface area (Å²) in [6.45, 7) is 2.24. The maximum Gasteiger partial charge on any atom is 0.326 e. The van der Waals surface area contributed by atoms with Crippen LogP contribution in [0.3, 0.4) is 0 Å². The third-order valence-corrected chi connectivity index (χ3v) is 18.9. The highest BCUT2D eigenvalue weighted by Crippen LogP contribution is 2.33. The van der Waals surface area contributed by atoms with Crippen molar-refractivity contribution in [1.29, 1.82) is 0 Å². The molecule has 0 radical (unpaired) electrons. The third kappa shape index (κ3) is 34.5. The minimum absolute atomic E-state index is 0.0667. The van der Waals surface area contributed by atoms with Gasteiger partial charge in [-0.1, -0.05) is 6.42 Å². The van der Waals surface area contributed by atoms with Crippen LogP contribution in [0.1, 0.15) is 68.1 Å². The number of carboxylic acids is 7. The summed E-state index contributed by atoms with van der Waals surface area (Å²) < 4.78 is 0. The molecule has 36 nitrogen and oxygen atoms in total. The lowest BCUT2D eigenvalue weighted by Gasteiger charge is -2.32. The van der Waals surface area contributed by atoms with E-state index in [0.29, 0.717) is 43.4 Å². The number of nitrogens with zero attached hydrogens (tertiary/aromatic N) is 9. The summed E-state index contributed by atoms with van der Waals surface area (Å²) in [7, 11) is 0. The molecular weight excluding hydrogens is 1330 g/mol. The highest BCUT2D eigenvalue weighted by Gasteiger charge is 2.42. The molecule has 560 valence electrons. The molecule has 0 aliphatic carbocycles. The van der Waals surface area contributed by atoms with Gasteiger partial charge in [0, 0.05) is 166 Å². The van der Waals surface area contributed by atoms with Crippen LogP contribution in [0, 0.1) is 0 Å². The van der Waals surface area contributed by atoms with Crippen molar-refractivity contribution in [3.63, 3.8) is 0 Å². The van der Waals surface area contributed by atoms with E-state index in [9.17, 15) is 98.1 Å². The zero-order valence-electron chi connectivity index (χ0n) is 56.8. The number of carbonyl (C=O) groups excluding carboxylic acids is 6. The monoisotopic (exact) mass is 1430 g/mol. The molecule has 0 unspecified atom stereocenters. The SMILES string of the molecule is O=C(O)CN1CCN(CC(=O)O)CCN(CC(=O)NCCCN(CCCNC(=O)CN2CCN(CC(=O)O)CCN(CC(=O)O)CCN(CC(=O)O)CC2)CC(=O)Nc2ccc(C(=O)NCCCC[C@H](NC(=O)CCCC[C@@H]3SC[C@@H]4NC(=O)N[C@@H]43)C(=O)O)cc2)CCN(CC(=O)O)CC1. The van der Waals surface area contributed by atoms with E-state index in [1.807, 2.05) is 4.90 Å². The maximum atomic E-state index is 13.7. The summed E-state index contributed by atoms with van der Waals surface area (Å²) in [5.41, 5.74) is 0.669. The van der Waals surface area contributed by atoms with Crippen LogP contribution >= 0.6 is 11.8 Å². The molecule has 4 atom stereocenters. The Kier molecular flexibility index (Phi) is 37.3. The largest absolute Gasteiger partial charge is 0.480 e. The summed E-state index contributed by atoms with van der Waals surface area (Å²) in [4.78, 5) is 176. The van der Waals surface area contributed by atoms with Crippen LogP contribution in [0.5, 0.6) is 0 Å². The van der Waals surface area contributed by atoms with Crippen LogP contribution in [0.2, 0.25) is 0 Å². The number of fused-ring (bicyclic) bond motifs is 1. The number of aliphatic carboxylic acids is 7. The number of thioether (sulfide) groups is 1. The third-order valence-electron chi connectivity index (χ3n) is 17.4. The normalized spacial score (nSPS) is 19.8. The summed E-state index contributed by atoms with van der Waals surface area (Å²) >= 11 is 1.79. The second-order valence-electron chi connectivity index (χ2n) is 25.5. The minimum Gasteiger partial charge on any atom is -0.480 e. The van der Waals surface area contributed by atoms with Crippen molar-refractivity contribution in [3.05, 3.63) is 29.8 Å². The number of rotatable bonds is 40. The predicted octanol–water partition coefficient (Wildman–Crippen LogP) is -3.91. The zero-order chi connectivity index (χ0) is 72.9. The zero-order valence-corrected chi connectivity index (χ0v) is 57.6. The van der Waals surface area contributed by atoms with Crippen molar-refractivity contribution in [2.45, 2.75) is 81.2 Å². The van der Waals surface area contributed by atoms with Crippen LogP contribution in [-0.4, -0.2) is 383 Å². The number of unbranched alkanes of at least 4 members (excludes halogenated alkanes) is 2. The molecule has 14 N–H and O–H groups in total. The van der Waals surface area contributed by atoms with Gasteiger partial charge in [0.2, 0.25) is 23.6 Å². The Morgan fingerprint density at radius 1 is 0.460 bits per heavy atom. The lowest BCUT2D eigenvalue weighted by atomic mass is 10.0. The van der Waals surface area contributed by atoms with Crippen LogP contribution in [0.15, 0.2) is 24.3 Å². The van der Waals surface area contributed by atoms with Gasteiger partial charge in [0.05, 0.1) is 71.0 Å². The highest BCUT2D eigenvalue weighted by molar-refractivity contribution is 8.00. The second-order valence-corrected chi connectivity index (χ2v) is 26.7. The Balaban J connectivity index is 1.15. The summed E-state index contributed by atoms with van der Waals surface area (Å²) in [5.74, 6) is -8.77. The molecule has 4 heterocycles. The molecule has 4 fully saturated rings. The first-order chi connectivity index (χ1) is 47.7. The fourth-order valence-electron chi connectivity index (χ4n) is 12.1. The van der Waals surface area contributed by atoms with Crippen molar-refractivity contribution >= 4 is 94.8 Å². The van der Waals surface area contributed by atoms with Crippen LogP contribution in [0.25, 0.3) is 0 Å². The van der Waals surface area contributed by atoms with Crippen LogP contribution in [0.4, 0.5) is 10.5 Å². The average Bonchev–Trinajstić information content (AvgIpc) is 1.63. The molecule has 4 aliphatic heterocycles. The molecule has 100 heavy (non-hydrogen) atoms. The molecule has 5 rings (SSSR count). The standard InChI is InChI=1S/C63H102N16O20S/c80-50(9-2-1-8-49-60-48(44-100-49)69-63(99)70-60)68-47(62(97)98)7-3-4-14-66-61(96)45-10-12-46(13-11-45)67-53(83)37-71(17-5-15-64-51(81)35-72-19-23-74(38-54(84)85)27-31-78(42-58(92)93)32-28-75(24-20-72)39-55(86)87)18-6-16-65-52(82)36-73-21-25-76(40-56(88)89)29-33-79(43-59(94)95)34-30-77(26-22-73)41-57(90)91/h10-13,47-49,60H,1-9,14-44H2,(H,64,81)(H,65,82)(H,66,96)(H,67,83)(H,68,80)(H,84,85)(H,86,87)(H,88,89)(H,90,91)(H,92,93)(H,94,95)(H,97,98)(H2,69,70,99)/t47-,48-,49-,60-/m0/s1. The molecular formula is C63H102N16O20S. The van der Waals surface area contributed by atoms with E-state index >= 15 is 0 Å². The summed E-state index contributed by atoms with van der Waals surface area (Å²) in [5, 5.41) is 87.6. The van der Waals surface area contributed by atoms with Gasteiger partial charge >= 0.3 is 47.8 Å². The van der Waals surface area contributed by atoms with Crippen LogP contribution < -0.4 is 37.2 Å². The maximum absolute atomic E-state index is 13.7. The molecule has 4 aliphatic rings. The van der Waals surface area contributed by atoms with E-state index < -0.39 is 59.6 Å². The molecule has 0 bridgehead atoms. The van der Waals surface area contributed by atoms with E-state index in [1.54, 1.807) is 63.1 Å². The number of anilines is 1. The van der Waals surface area contributed by atoms with E-state index in [1.165, 1.54) is 12.1 Å². The first kappa shape index (κ1) is 82.8. The van der Waals surface area contributed by atoms with Crippen LogP contribution in [-0.2, 0) is 52.7 Å². The molecule has 1 aromatic rings. The number of carbonyl (C=O) groups is 13. The van der Waals surface area contributed by atoms with Gasteiger partial charge in [-0.25, -0.2) is 9.59 Å². The fraction of sp³-hybridized carbons (Fsp3) is 0.698. The van der Waals surface area contributed by atoms with E-state index in [0.717, 1.165) is 18.6 Å². The number of benzene rings is 1. The Morgan fingerprint density at radius 2 is 0.850 bits per heavy atom. The molecule has 0 saturated carbocycles. The Labute approximate surface area is 585 Å². The number of urea groups is 1. The van der Waals surface area contributed by atoms with Gasteiger partial charge in [0.25, 0.3) is 5.91 Å². The predicted molar refractivity (Wildman–Crippen MR) is 364 cm³/mol. The Morgan fingerprint density at radius 3 is 1.24 bits per heavy atom. The number of amides is 7. The van der Waals surface area contributed by atoms with Crippen molar-refractivity contribution in [2.24, 2.45) is 0 Å². The van der Waals surface area contributed by atoms with Crippen molar-refractivity contribution in [1.82, 2.24) is 76.0 Å². The van der Waals surface area contributed by atoms with Gasteiger partial charge in [-0.05, 0) is 69.2 Å². The van der Waals surface area contributed by atoms with E-state index in [4.69, 9.17) is 0 Å². The van der Waals surface area contributed by atoms with Gasteiger partial charge in [-0.15, -0.1) is 0 Å². The van der Waals surface area contributed by atoms with E-state index in [2.05, 4.69) is 37.2 Å². The number of carboxylic acid groups (broad SMARTS) is 7. The molecule has 4 saturated heterocycles. The first-order valence-corrected chi connectivity index (χ1v) is 35.0. The topological polar surface area (TPSA) is 477 Å². The quantitative estimate of drug-likeness (QED) is 0.0220. The van der Waals surface area contributed by atoms with Gasteiger partial charge in [0.1, 0.15) is 6.04 Å². The molecule has 0 aromatic heterocycles. The van der Waals surface area contributed by atoms with Crippen molar-refractivity contribution in [2.75, 3.05) is 207 Å². The van der Waals surface area contributed by atoms with E-state index in [-0.39, 0.29) is 250 Å². The Hall–Kier alpha value is -7.88. The lowest BCUT2D eigenvalue weighted by molar-refractivity contribution is -0.142. The lowest BCUT2D eigenvalue weighted by Crippen LogP contribution is -2.50. The molecule has 1 aromatic carbocycles. The van der Waals surface area contributed by atoms with Crippen molar-refractivity contribution < 1.29 is 98.1 Å². The summed E-state index contributed by atoms with van der Waals surface area (Å²) in [6.07, 6.45) is 4.01. The fourth-order valence-corrected chi connectivity index (χ4v) is 13.6. The van der Waals surface area contributed by atoms with Crippen molar-refractivity contribution in [3.8, 4) is 0 Å². The smallest absolute Gasteiger partial charge is 0.326 e. The minimum atomic E-state index is -1.16. The highest BCUT2D eigenvalue weighted by atomic mass is 32.2. The Bertz CT molecular complexity index is 2700. The molecule has 37 heteroatoms. The molecule has 7 amide bonds. The van der Waals surface area contributed by atoms with Gasteiger partial charge < -0.3 is 73.0 Å². The molecule has 0 spiro atoms. The van der Waals surface area contributed by atoms with Gasteiger partial charge in [-0.2, -0.15) is 11.8 Å². The number of hydrogen-bond acceptors (Lipinski definition) is 23. The first-order valence-electron chi connectivity index (χ1n) is 34.0. The summed E-state index contributed by atoms with van der Waals surface area (Å²) in [6, 6.07) is 5.09. The average molecular weight is 1440 g/mol. The van der Waals surface area contributed by atoms with Gasteiger partial charge in [0.15, 0.2) is 0 Å². The second kappa shape index (κ2) is 45.1. The van der Waals surface area contributed by atoms with Gasteiger partial charge in [-0.3, -0.25) is 96.8 Å². The number of nitrogens with one attached hydrogen (secondary N) is 7. The number of hydrogen-bond donors (Lipinski definition) is 14.